The lowest BCUT2D eigenvalue weighted by atomic mass is 10.2. The van der Waals surface area contributed by atoms with Crippen molar-refractivity contribution >= 4 is 22.3 Å². The molecule has 0 fully saturated rings. The van der Waals surface area contributed by atoms with Crippen LogP contribution in [0, 0.1) is 0 Å². The van der Waals surface area contributed by atoms with Crippen LogP contribution in [0.25, 0.3) is 4.96 Å². The summed E-state index contributed by atoms with van der Waals surface area (Å²) >= 11 is 1.24. The Bertz CT molecular complexity index is 1080. The van der Waals surface area contributed by atoms with Crippen LogP contribution in [-0.2, 0) is 22.7 Å². The van der Waals surface area contributed by atoms with E-state index in [1.165, 1.54) is 55.4 Å². The summed E-state index contributed by atoms with van der Waals surface area (Å²) in [6.07, 6.45) is 0. The zero-order valence-electron chi connectivity index (χ0n) is 17.0. The molecule has 0 atom stereocenters. The van der Waals surface area contributed by atoms with E-state index in [1.54, 1.807) is 0 Å². The summed E-state index contributed by atoms with van der Waals surface area (Å²) in [5.41, 5.74) is 0.157. The molecule has 30 heavy (non-hydrogen) atoms. The van der Waals surface area contributed by atoms with E-state index in [0.29, 0.717) is 46.1 Å². The summed E-state index contributed by atoms with van der Waals surface area (Å²) < 4.78 is 27.5. The van der Waals surface area contributed by atoms with Crippen molar-refractivity contribution < 1.29 is 28.5 Å². The highest BCUT2D eigenvalue weighted by Crippen LogP contribution is 2.38. The molecule has 2 aromatic heterocycles. The first-order chi connectivity index (χ1) is 14.5. The minimum atomic E-state index is -0.627. The molecule has 0 spiro atoms. The Kier molecular flexibility index (Phi) is 6.85. The van der Waals surface area contributed by atoms with Gasteiger partial charge in [-0.3, -0.25) is 4.79 Å². The van der Waals surface area contributed by atoms with Gasteiger partial charge in [0, 0.05) is 12.7 Å². The summed E-state index contributed by atoms with van der Waals surface area (Å²) in [7, 11) is 4.37. The maximum absolute atomic E-state index is 12.5. The van der Waals surface area contributed by atoms with Crippen LogP contribution in [0.2, 0.25) is 0 Å². The monoisotopic (exact) mass is 435 g/mol. The third-order valence-corrected chi connectivity index (χ3v) is 4.90. The summed E-state index contributed by atoms with van der Waals surface area (Å²) in [4.78, 5) is 29.5. The third-order valence-electron chi connectivity index (χ3n) is 4.02. The Morgan fingerprint density at radius 1 is 1.07 bits per heavy atom. The Hall–Kier alpha value is -3.18. The van der Waals surface area contributed by atoms with E-state index in [2.05, 4.69) is 10.1 Å². The molecule has 3 aromatic rings. The predicted molar refractivity (Wildman–Crippen MR) is 108 cm³/mol. The summed E-state index contributed by atoms with van der Waals surface area (Å²) in [6.45, 7) is 2.54. The molecular weight excluding hydrogens is 414 g/mol. The van der Waals surface area contributed by atoms with Crippen molar-refractivity contribution in [3.63, 3.8) is 0 Å². The van der Waals surface area contributed by atoms with Crippen molar-refractivity contribution in [1.29, 1.82) is 0 Å². The number of rotatable bonds is 9. The summed E-state index contributed by atoms with van der Waals surface area (Å²) in [5.74, 6) is 0.392. The zero-order valence-corrected chi connectivity index (χ0v) is 17.8. The van der Waals surface area contributed by atoms with Crippen molar-refractivity contribution in [2.24, 2.45) is 0 Å². The number of benzene rings is 1. The molecule has 0 aliphatic heterocycles. The summed E-state index contributed by atoms with van der Waals surface area (Å²) in [5, 5.41) is 4.81. The fraction of sp³-hybridized carbons (Fsp3) is 0.368. The molecule has 0 unspecified atom stereocenters. The van der Waals surface area contributed by atoms with Gasteiger partial charge in [-0.1, -0.05) is 11.3 Å². The molecule has 0 N–H and O–H groups in total. The van der Waals surface area contributed by atoms with Gasteiger partial charge in [-0.2, -0.15) is 9.61 Å². The van der Waals surface area contributed by atoms with Gasteiger partial charge in [0.25, 0.3) is 5.56 Å². The van der Waals surface area contributed by atoms with E-state index in [1.807, 2.05) is 6.92 Å². The van der Waals surface area contributed by atoms with Gasteiger partial charge in [-0.05, 0) is 19.1 Å². The first-order valence-electron chi connectivity index (χ1n) is 8.94. The van der Waals surface area contributed by atoms with E-state index in [4.69, 9.17) is 23.7 Å². The van der Waals surface area contributed by atoms with Gasteiger partial charge in [-0.15, -0.1) is 0 Å². The second-order valence-corrected chi connectivity index (χ2v) is 6.94. The van der Waals surface area contributed by atoms with Crippen LogP contribution in [0.3, 0.4) is 0 Å². The predicted octanol–water partition coefficient (Wildman–Crippen LogP) is 2.07. The van der Waals surface area contributed by atoms with E-state index in [0.717, 1.165) is 0 Å². The van der Waals surface area contributed by atoms with E-state index in [-0.39, 0.29) is 17.7 Å². The zero-order chi connectivity index (χ0) is 21.7. The van der Waals surface area contributed by atoms with Crippen LogP contribution in [0.15, 0.2) is 23.0 Å². The van der Waals surface area contributed by atoms with Crippen LogP contribution in [0.4, 0.5) is 0 Å². The molecule has 0 aliphatic carbocycles. The number of esters is 1. The van der Waals surface area contributed by atoms with Crippen LogP contribution >= 0.6 is 11.3 Å². The second kappa shape index (κ2) is 9.55. The number of hydrogen-bond donors (Lipinski definition) is 0. The van der Waals surface area contributed by atoms with Crippen molar-refractivity contribution in [1.82, 2.24) is 14.6 Å². The van der Waals surface area contributed by atoms with Crippen molar-refractivity contribution in [2.75, 3.05) is 27.9 Å². The number of hydrogen-bond acceptors (Lipinski definition) is 10. The highest BCUT2D eigenvalue weighted by atomic mass is 32.1. The number of methoxy groups -OCH3 is 3. The molecule has 0 radical (unpaired) electrons. The first kappa shape index (κ1) is 21.5. The first-order valence-corrected chi connectivity index (χ1v) is 9.75. The number of ether oxygens (including phenoxy) is 5. The molecule has 0 aliphatic rings. The SMILES string of the molecule is CCOCc1nn2c(=O)cc(COC(=O)c3cc(OC)c(OC)c(OC)c3)nc2s1. The van der Waals surface area contributed by atoms with Crippen LogP contribution in [0.1, 0.15) is 28.0 Å². The molecule has 2 heterocycles. The molecule has 0 amide bonds. The minimum Gasteiger partial charge on any atom is -0.493 e. The molecule has 10 nitrogen and oxygen atoms in total. The maximum atomic E-state index is 12.5. The number of carbonyl (C=O) groups excluding carboxylic acids is 1. The number of aromatic nitrogens is 3. The number of fused-ring (bicyclic) bond motifs is 1. The lowest BCUT2D eigenvalue weighted by Gasteiger charge is -2.13. The van der Waals surface area contributed by atoms with Crippen molar-refractivity contribution in [3.05, 3.63) is 44.8 Å². The summed E-state index contributed by atoms with van der Waals surface area (Å²) in [6, 6.07) is 4.25. The van der Waals surface area contributed by atoms with E-state index < -0.39 is 5.97 Å². The van der Waals surface area contributed by atoms with Crippen molar-refractivity contribution in [2.45, 2.75) is 20.1 Å². The normalized spacial score (nSPS) is 10.8. The molecule has 1 aromatic carbocycles. The average Bonchev–Trinajstić information content (AvgIpc) is 3.18. The van der Waals surface area contributed by atoms with E-state index in [9.17, 15) is 9.59 Å². The van der Waals surface area contributed by atoms with Gasteiger partial charge < -0.3 is 23.7 Å². The molecular formula is C19H21N3O7S. The molecule has 0 bridgehead atoms. The molecule has 160 valence electrons. The molecule has 11 heteroatoms. The Morgan fingerprint density at radius 3 is 2.37 bits per heavy atom. The molecule has 3 rings (SSSR count). The average molecular weight is 435 g/mol. The van der Waals surface area contributed by atoms with Gasteiger partial charge >= 0.3 is 5.97 Å². The molecule has 0 saturated heterocycles. The third kappa shape index (κ3) is 4.52. The van der Waals surface area contributed by atoms with Gasteiger partial charge in [0.1, 0.15) is 18.2 Å². The highest BCUT2D eigenvalue weighted by Gasteiger charge is 2.18. The fourth-order valence-electron chi connectivity index (χ4n) is 2.64. The maximum Gasteiger partial charge on any atom is 0.338 e. The van der Waals surface area contributed by atoms with Crippen LogP contribution in [0.5, 0.6) is 17.2 Å². The Balaban J connectivity index is 1.79. The number of carbonyl (C=O) groups is 1. The van der Waals surface area contributed by atoms with E-state index >= 15 is 0 Å². The Morgan fingerprint density at radius 2 is 1.77 bits per heavy atom. The topological polar surface area (TPSA) is 110 Å². The lowest BCUT2D eigenvalue weighted by Crippen LogP contribution is -2.17. The van der Waals surface area contributed by atoms with Crippen LogP contribution in [-0.4, -0.2) is 48.5 Å². The Labute approximate surface area is 175 Å². The standard InChI is InChI=1S/C19H21N3O7S/c1-5-28-10-15-21-22-16(23)8-12(20-19(22)30-15)9-29-18(24)11-6-13(25-2)17(27-4)14(7-11)26-3/h6-8H,5,9-10H2,1-4H3. The van der Waals surface area contributed by atoms with Crippen LogP contribution < -0.4 is 19.8 Å². The van der Waals surface area contributed by atoms with Gasteiger partial charge in [-0.25, -0.2) is 9.78 Å². The van der Waals surface area contributed by atoms with Gasteiger partial charge in [0.15, 0.2) is 11.5 Å². The largest absolute Gasteiger partial charge is 0.493 e. The highest BCUT2D eigenvalue weighted by molar-refractivity contribution is 7.16. The van der Waals surface area contributed by atoms with Gasteiger partial charge in [0.05, 0.1) is 32.6 Å². The smallest absolute Gasteiger partial charge is 0.338 e. The second-order valence-electron chi connectivity index (χ2n) is 5.90. The van der Waals surface area contributed by atoms with Gasteiger partial charge in [0.2, 0.25) is 10.7 Å². The minimum absolute atomic E-state index is 0.181. The number of nitrogens with zero attached hydrogens (tertiary/aromatic N) is 3. The lowest BCUT2D eigenvalue weighted by molar-refractivity contribution is 0.0467. The van der Waals surface area contributed by atoms with Crippen molar-refractivity contribution in [3.8, 4) is 17.2 Å². The quantitative estimate of drug-likeness (QED) is 0.466. The molecule has 0 saturated carbocycles. The fourth-order valence-corrected chi connectivity index (χ4v) is 3.49.